The summed E-state index contributed by atoms with van der Waals surface area (Å²) in [6.07, 6.45) is 0. The molecule has 1 aromatic heterocycles. The van der Waals surface area contributed by atoms with Crippen LogP contribution in [-0.4, -0.2) is 10.9 Å². The number of aryl methyl sites for hydroxylation is 1. The molecule has 0 aliphatic heterocycles. The fourth-order valence-electron chi connectivity index (χ4n) is 2.16. The Kier molecular flexibility index (Phi) is 5.83. The van der Waals surface area contributed by atoms with E-state index in [2.05, 4.69) is 10.3 Å². The SMILES string of the molecule is Cc1ccc(C(=O)Nc2nc(CSCc3ccc(F)cc3)cs2)cc1. The highest BCUT2D eigenvalue weighted by Crippen LogP contribution is 2.22. The zero-order chi connectivity index (χ0) is 17.6. The Labute approximate surface area is 154 Å². The number of benzene rings is 2. The number of amides is 1. The Hall–Kier alpha value is -2.18. The zero-order valence-electron chi connectivity index (χ0n) is 13.7. The second-order valence-corrected chi connectivity index (χ2v) is 7.43. The molecule has 3 aromatic rings. The number of anilines is 1. The molecule has 128 valence electrons. The smallest absolute Gasteiger partial charge is 0.257 e. The number of nitrogens with one attached hydrogen (secondary N) is 1. The van der Waals surface area contributed by atoms with Crippen LogP contribution in [0.1, 0.15) is 27.2 Å². The number of thiazole rings is 1. The number of nitrogens with zero attached hydrogens (tertiary/aromatic N) is 1. The van der Waals surface area contributed by atoms with Crippen molar-refractivity contribution >= 4 is 34.1 Å². The summed E-state index contributed by atoms with van der Waals surface area (Å²) >= 11 is 3.12. The highest BCUT2D eigenvalue weighted by Gasteiger charge is 2.09. The average molecular weight is 372 g/mol. The third kappa shape index (κ3) is 5.14. The van der Waals surface area contributed by atoms with Gasteiger partial charge in [0.15, 0.2) is 5.13 Å². The molecule has 0 aliphatic carbocycles. The van der Waals surface area contributed by atoms with Crippen molar-refractivity contribution in [3.63, 3.8) is 0 Å². The van der Waals surface area contributed by atoms with Gasteiger partial charge in [-0.3, -0.25) is 10.1 Å². The molecule has 0 unspecified atom stereocenters. The van der Waals surface area contributed by atoms with Gasteiger partial charge in [-0.05, 0) is 36.8 Å². The summed E-state index contributed by atoms with van der Waals surface area (Å²) in [6.45, 7) is 1.98. The molecule has 1 N–H and O–H groups in total. The lowest BCUT2D eigenvalue weighted by atomic mass is 10.1. The third-order valence-electron chi connectivity index (χ3n) is 3.52. The van der Waals surface area contributed by atoms with Crippen molar-refractivity contribution in [1.82, 2.24) is 4.98 Å². The van der Waals surface area contributed by atoms with Crippen LogP contribution in [0.25, 0.3) is 0 Å². The van der Waals surface area contributed by atoms with Crippen molar-refractivity contribution in [2.45, 2.75) is 18.4 Å². The number of hydrogen-bond donors (Lipinski definition) is 1. The van der Waals surface area contributed by atoms with Crippen LogP contribution in [-0.2, 0) is 11.5 Å². The van der Waals surface area contributed by atoms with Crippen LogP contribution in [0.3, 0.4) is 0 Å². The van der Waals surface area contributed by atoms with E-state index in [9.17, 15) is 9.18 Å². The lowest BCUT2D eigenvalue weighted by Gasteiger charge is -2.02. The fourth-order valence-corrected chi connectivity index (χ4v) is 3.86. The molecule has 25 heavy (non-hydrogen) atoms. The van der Waals surface area contributed by atoms with E-state index in [1.54, 1.807) is 36.0 Å². The predicted octanol–water partition coefficient (Wildman–Crippen LogP) is 5.28. The normalized spacial score (nSPS) is 10.6. The number of halogens is 1. The van der Waals surface area contributed by atoms with E-state index < -0.39 is 0 Å². The second kappa shape index (κ2) is 8.27. The second-order valence-electron chi connectivity index (χ2n) is 5.58. The maximum Gasteiger partial charge on any atom is 0.257 e. The molecule has 3 rings (SSSR count). The number of carbonyl (C=O) groups excluding carboxylic acids is 1. The van der Waals surface area contributed by atoms with Gasteiger partial charge in [0.05, 0.1) is 5.69 Å². The predicted molar refractivity (Wildman–Crippen MR) is 103 cm³/mol. The molecule has 0 spiro atoms. The number of rotatable bonds is 6. The van der Waals surface area contributed by atoms with E-state index in [-0.39, 0.29) is 11.7 Å². The van der Waals surface area contributed by atoms with Crippen LogP contribution in [0.15, 0.2) is 53.9 Å². The fraction of sp³-hybridized carbons (Fsp3) is 0.158. The van der Waals surface area contributed by atoms with Crippen molar-refractivity contribution in [1.29, 1.82) is 0 Å². The van der Waals surface area contributed by atoms with Crippen molar-refractivity contribution in [2.75, 3.05) is 5.32 Å². The van der Waals surface area contributed by atoms with E-state index >= 15 is 0 Å². The van der Waals surface area contributed by atoms with E-state index in [0.717, 1.165) is 28.3 Å². The zero-order valence-corrected chi connectivity index (χ0v) is 15.3. The lowest BCUT2D eigenvalue weighted by Crippen LogP contribution is -2.11. The molecule has 0 saturated carbocycles. The monoisotopic (exact) mass is 372 g/mol. The number of carbonyl (C=O) groups is 1. The van der Waals surface area contributed by atoms with Crippen molar-refractivity contribution in [2.24, 2.45) is 0 Å². The van der Waals surface area contributed by atoms with E-state index in [0.29, 0.717) is 10.7 Å². The highest BCUT2D eigenvalue weighted by molar-refractivity contribution is 7.97. The molecule has 3 nitrogen and oxygen atoms in total. The summed E-state index contributed by atoms with van der Waals surface area (Å²) in [7, 11) is 0. The van der Waals surface area contributed by atoms with Crippen molar-refractivity contribution < 1.29 is 9.18 Å². The molecule has 6 heteroatoms. The van der Waals surface area contributed by atoms with Gasteiger partial charge in [-0.25, -0.2) is 9.37 Å². The summed E-state index contributed by atoms with van der Waals surface area (Å²) in [6, 6.07) is 13.9. The van der Waals surface area contributed by atoms with Gasteiger partial charge in [0.25, 0.3) is 5.91 Å². The van der Waals surface area contributed by atoms with Gasteiger partial charge < -0.3 is 0 Å². The van der Waals surface area contributed by atoms with E-state index in [1.807, 2.05) is 24.4 Å². The maximum atomic E-state index is 12.9. The summed E-state index contributed by atoms with van der Waals surface area (Å²) < 4.78 is 12.9. The first-order chi connectivity index (χ1) is 12.1. The van der Waals surface area contributed by atoms with Crippen LogP contribution < -0.4 is 5.32 Å². The van der Waals surface area contributed by atoms with Crippen LogP contribution >= 0.6 is 23.1 Å². The van der Waals surface area contributed by atoms with E-state index in [1.165, 1.54) is 23.5 Å². The van der Waals surface area contributed by atoms with Gasteiger partial charge in [0.1, 0.15) is 5.82 Å². The Bertz CT molecular complexity index is 845. The Morgan fingerprint density at radius 2 is 1.84 bits per heavy atom. The molecule has 1 amide bonds. The molecular weight excluding hydrogens is 355 g/mol. The molecule has 0 bridgehead atoms. The van der Waals surface area contributed by atoms with E-state index in [4.69, 9.17) is 0 Å². The minimum Gasteiger partial charge on any atom is -0.298 e. The first-order valence-corrected chi connectivity index (χ1v) is 9.78. The number of thioether (sulfide) groups is 1. The van der Waals surface area contributed by atoms with Crippen molar-refractivity contribution in [3.8, 4) is 0 Å². The summed E-state index contributed by atoms with van der Waals surface area (Å²) in [5, 5.41) is 5.38. The molecular formula is C19H17FN2OS2. The molecule has 0 saturated heterocycles. The minimum absolute atomic E-state index is 0.153. The van der Waals surface area contributed by atoms with Gasteiger partial charge >= 0.3 is 0 Å². The maximum absolute atomic E-state index is 12.9. The summed E-state index contributed by atoms with van der Waals surface area (Å²) in [4.78, 5) is 16.6. The molecule has 0 atom stereocenters. The Morgan fingerprint density at radius 1 is 1.12 bits per heavy atom. The van der Waals surface area contributed by atoms with Gasteiger partial charge in [-0.2, -0.15) is 11.8 Å². The first kappa shape index (κ1) is 17.6. The van der Waals surface area contributed by atoms with Gasteiger partial charge in [-0.15, -0.1) is 11.3 Å². The molecule has 1 heterocycles. The van der Waals surface area contributed by atoms with Crippen LogP contribution in [0.5, 0.6) is 0 Å². The number of hydrogen-bond acceptors (Lipinski definition) is 4. The molecule has 0 aliphatic rings. The van der Waals surface area contributed by atoms with Gasteiger partial charge in [0.2, 0.25) is 0 Å². The highest BCUT2D eigenvalue weighted by atomic mass is 32.2. The standard InChI is InChI=1S/C19H17FN2OS2/c1-13-2-6-15(7-3-13)18(23)22-19-21-17(12-25-19)11-24-10-14-4-8-16(20)9-5-14/h2-9,12H,10-11H2,1H3,(H,21,22,23). The third-order valence-corrected chi connectivity index (χ3v) is 5.36. The molecule has 0 fully saturated rings. The molecule has 2 aromatic carbocycles. The quantitative estimate of drug-likeness (QED) is 0.640. The van der Waals surface area contributed by atoms with Crippen LogP contribution in [0.2, 0.25) is 0 Å². The van der Waals surface area contributed by atoms with Gasteiger partial charge in [-0.1, -0.05) is 29.8 Å². The van der Waals surface area contributed by atoms with Crippen molar-refractivity contribution in [3.05, 3.63) is 82.1 Å². The minimum atomic E-state index is -0.220. The van der Waals surface area contributed by atoms with Crippen LogP contribution in [0, 0.1) is 12.7 Å². The van der Waals surface area contributed by atoms with Gasteiger partial charge in [0, 0.05) is 22.4 Å². The largest absolute Gasteiger partial charge is 0.298 e. The Balaban J connectivity index is 1.51. The lowest BCUT2D eigenvalue weighted by molar-refractivity contribution is 0.102. The summed E-state index contributed by atoms with van der Waals surface area (Å²) in [5.74, 6) is 1.17. The van der Waals surface area contributed by atoms with Crippen LogP contribution in [0.4, 0.5) is 9.52 Å². The Morgan fingerprint density at radius 3 is 2.56 bits per heavy atom. The summed E-state index contributed by atoms with van der Waals surface area (Å²) in [5.41, 5.74) is 3.74. The molecule has 0 radical (unpaired) electrons. The average Bonchev–Trinajstić information content (AvgIpc) is 3.04. The topological polar surface area (TPSA) is 42.0 Å². The number of aromatic nitrogens is 1. The first-order valence-electron chi connectivity index (χ1n) is 7.75.